The first kappa shape index (κ1) is 21.4. The second-order valence-corrected chi connectivity index (χ2v) is 6.93. The summed E-state index contributed by atoms with van der Waals surface area (Å²) in [6.07, 6.45) is 1.61. The van der Waals surface area contributed by atoms with E-state index in [1.807, 2.05) is 23.6 Å². The maximum absolute atomic E-state index is 12.4. The maximum Gasteiger partial charge on any atom is 0.243 e. The Morgan fingerprint density at radius 2 is 2.07 bits per heavy atom. The number of nitrogens with zero attached hydrogens (tertiary/aromatic N) is 1. The maximum atomic E-state index is 12.4. The average Bonchev–Trinajstić information content (AvgIpc) is 3.15. The fourth-order valence-corrected chi connectivity index (χ4v) is 3.66. The highest BCUT2D eigenvalue weighted by atomic mass is 35.5. The van der Waals surface area contributed by atoms with Gasteiger partial charge in [-0.25, -0.2) is 4.98 Å². The first-order valence-corrected chi connectivity index (χ1v) is 9.32. The number of halogens is 1. The zero-order valence-corrected chi connectivity index (χ0v) is 16.9. The van der Waals surface area contributed by atoms with E-state index < -0.39 is 6.04 Å². The molecule has 27 heavy (non-hydrogen) atoms. The number of anilines is 1. The van der Waals surface area contributed by atoms with Crippen molar-refractivity contribution in [1.29, 1.82) is 0 Å². The van der Waals surface area contributed by atoms with Gasteiger partial charge < -0.3 is 25.3 Å². The molecule has 3 rings (SSSR count). The average molecular weight is 414 g/mol. The molecule has 0 saturated carbocycles. The Labute approximate surface area is 168 Å². The molecular weight excluding hydrogens is 390 g/mol. The number of rotatable bonds is 6. The molecule has 0 bridgehead atoms. The van der Waals surface area contributed by atoms with Gasteiger partial charge in [-0.2, -0.15) is 0 Å². The lowest BCUT2D eigenvalue weighted by atomic mass is 9.92. The van der Waals surface area contributed by atoms with E-state index in [9.17, 15) is 4.79 Å². The number of methoxy groups -OCH3 is 2. The van der Waals surface area contributed by atoms with Gasteiger partial charge in [0.2, 0.25) is 5.91 Å². The largest absolute Gasteiger partial charge is 0.497 e. The van der Waals surface area contributed by atoms with Crippen molar-refractivity contribution >= 4 is 34.8 Å². The van der Waals surface area contributed by atoms with E-state index in [-0.39, 0.29) is 24.2 Å². The number of hydrogen-bond acceptors (Lipinski definition) is 7. The monoisotopic (exact) mass is 413 g/mol. The van der Waals surface area contributed by atoms with Gasteiger partial charge in [0.05, 0.1) is 26.0 Å². The molecule has 1 saturated heterocycles. The molecular formula is C18H24ClN3O4S. The van der Waals surface area contributed by atoms with Crippen molar-refractivity contribution in [2.45, 2.75) is 18.9 Å². The zero-order valence-electron chi connectivity index (χ0n) is 15.3. The molecule has 0 spiro atoms. The first-order valence-electron chi connectivity index (χ1n) is 8.44. The second kappa shape index (κ2) is 9.89. The Balaban J connectivity index is 0.00000261. The number of nitrogens with two attached hydrogens (primary N) is 1. The van der Waals surface area contributed by atoms with Gasteiger partial charge in [0.15, 0.2) is 5.13 Å². The smallest absolute Gasteiger partial charge is 0.243 e. The van der Waals surface area contributed by atoms with Crippen molar-refractivity contribution < 1.29 is 19.0 Å². The number of carbonyl (C=O) groups is 1. The number of benzene rings is 1. The zero-order chi connectivity index (χ0) is 18.5. The lowest BCUT2D eigenvalue weighted by Crippen LogP contribution is -2.43. The van der Waals surface area contributed by atoms with Crippen molar-refractivity contribution in [1.82, 2.24) is 4.98 Å². The number of hydrogen-bond donors (Lipinski definition) is 2. The number of nitrogens with one attached hydrogen (secondary N) is 1. The SMILES string of the molecule is COc1ccc(OC)c(-c2csc(NC(=O)C(N)C3CCOCC3)n2)c1.Cl. The number of ether oxygens (including phenoxy) is 3. The fraction of sp³-hybridized carbons (Fsp3) is 0.444. The molecule has 9 heteroatoms. The summed E-state index contributed by atoms with van der Waals surface area (Å²) in [5.74, 6) is 1.32. The van der Waals surface area contributed by atoms with Crippen LogP contribution in [0.25, 0.3) is 11.3 Å². The predicted octanol–water partition coefficient (Wildman–Crippen LogP) is 2.94. The van der Waals surface area contributed by atoms with Crippen LogP contribution in [0.5, 0.6) is 11.5 Å². The molecule has 1 unspecified atom stereocenters. The van der Waals surface area contributed by atoms with E-state index in [4.69, 9.17) is 19.9 Å². The third kappa shape index (κ3) is 5.10. The number of amides is 1. The highest BCUT2D eigenvalue weighted by molar-refractivity contribution is 7.14. The molecule has 7 nitrogen and oxygen atoms in total. The number of thiazole rings is 1. The van der Waals surface area contributed by atoms with Crippen LogP contribution in [-0.2, 0) is 9.53 Å². The summed E-state index contributed by atoms with van der Waals surface area (Å²) in [6, 6.07) is 4.95. The quantitative estimate of drug-likeness (QED) is 0.755. The van der Waals surface area contributed by atoms with E-state index in [1.54, 1.807) is 14.2 Å². The summed E-state index contributed by atoms with van der Waals surface area (Å²) in [6.45, 7) is 1.31. The van der Waals surface area contributed by atoms with Crippen LogP contribution in [0.3, 0.4) is 0 Å². The number of carbonyl (C=O) groups excluding carboxylic acids is 1. The summed E-state index contributed by atoms with van der Waals surface area (Å²) in [5, 5.41) is 5.21. The molecule has 1 aliphatic rings. The molecule has 1 aromatic carbocycles. The standard InChI is InChI=1S/C18H23N3O4S.ClH/c1-23-12-3-4-15(24-2)13(9-12)14-10-26-18(20-14)21-17(22)16(19)11-5-7-25-8-6-11;/h3-4,9-11,16H,5-8,19H2,1-2H3,(H,20,21,22);1H. The minimum atomic E-state index is -0.558. The molecule has 1 aromatic heterocycles. The molecule has 1 atom stereocenters. The molecule has 1 fully saturated rings. The first-order chi connectivity index (χ1) is 12.6. The van der Waals surface area contributed by atoms with Crippen molar-refractivity contribution in [3.63, 3.8) is 0 Å². The molecule has 0 radical (unpaired) electrons. The molecule has 1 amide bonds. The molecule has 0 aliphatic carbocycles. The van der Waals surface area contributed by atoms with Crippen LogP contribution >= 0.6 is 23.7 Å². The summed E-state index contributed by atoms with van der Waals surface area (Å²) in [7, 11) is 3.21. The summed E-state index contributed by atoms with van der Waals surface area (Å²) < 4.78 is 16.0. The van der Waals surface area contributed by atoms with E-state index in [0.29, 0.717) is 35.5 Å². The summed E-state index contributed by atoms with van der Waals surface area (Å²) in [5.41, 5.74) is 7.63. The van der Waals surface area contributed by atoms with Gasteiger partial charge in [0.25, 0.3) is 0 Å². The molecule has 3 N–H and O–H groups in total. The van der Waals surface area contributed by atoms with Gasteiger partial charge in [-0.3, -0.25) is 4.79 Å². The van der Waals surface area contributed by atoms with Crippen LogP contribution in [0, 0.1) is 5.92 Å². The van der Waals surface area contributed by atoms with Crippen LogP contribution in [0.15, 0.2) is 23.6 Å². The molecule has 148 valence electrons. The Hall–Kier alpha value is -1.87. The lowest BCUT2D eigenvalue weighted by molar-refractivity contribution is -0.119. The van der Waals surface area contributed by atoms with E-state index in [2.05, 4.69) is 10.3 Å². The Morgan fingerprint density at radius 1 is 1.33 bits per heavy atom. The Kier molecular flexibility index (Phi) is 7.85. The Morgan fingerprint density at radius 3 is 2.74 bits per heavy atom. The van der Waals surface area contributed by atoms with Crippen LogP contribution < -0.4 is 20.5 Å². The van der Waals surface area contributed by atoms with E-state index in [0.717, 1.165) is 18.4 Å². The van der Waals surface area contributed by atoms with Gasteiger partial charge in [-0.15, -0.1) is 23.7 Å². The van der Waals surface area contributed by atoms with Gasteiger partial charge in [0.1, 0.15) is 11.5 Å². The third-order valence-electron chi connectivity index (χ3n) is 4.49. The van der Waals surface area contributed by atoms with Crippen LogP contribution in [0.2, 0.25) is 0 Å². The molecule has 1 aliphatic heterocycles. The van der Waals surface area contributed by atoms with Gasteiger partial charge in [0, 0.05) is 24.2 Å². The fourth-order valence-electron chi connectivity index (χ4n) is 2.95. The minimum absolute atomic E-state index is 0. The van der Waals surface area contributed by atoms with Gasteiger partial charge in [-0.1, -0.05) is 0 Å². The van der Waals surface area contributed by atoms with Crippen molar-refractivity contribution in [3.8, 4) is 22.8 Å². The Bertz CT molecular complexity index is 765. The highest BCUT2D eigenvalue weighted by Crippen LogP contribution is 2.35. The number of aromatic nitrogens is 1. The van der Waals surface area contributed by atoms with Gasteiger partial charge in [-0.05, 0) is 37.0 Å². The summed E-state index contributed by atoms with van der Waals surface area (Å²) >= 11 is 1.35. The van der Waals surface area contributed by atoms with Crippen LogP contribution in [-0.4, -0.2) is 44.4 Å². The third-order valence-corrected chi connectivity index (χ3v) is 5.25. The van der Waals surface area contributed by atoms with Crippen molar-refractivity contribution in [2.75, 3.05) is 32.8 Å². The van der Waals surface area contributed by atoms with Gasteiger partial charge >= 0.3 is 0 Å². The topological polar surface area (TPSA) is 95.7 Å². The van der Waals surface area contributed by atoms with Crippen molar-refractivity contribution in [2.24, 2.45) is 11.7 Å². The predicted molar refractivity (Wildman–Crippen MR) is 108 cm³/mol. The lowest BCUT2D eigenvalue weighted by Gasteiger charge is -2.26. The van der Waals surface area contributed by atoms with Crippen LogP contribution in [0.1, 0.15) is 12.8 Å². The van der Waals surface area contributed by atoms with E-state index in [1.165, 1.54) is 11.3 Å². The van der Waals surface area contributed by atoms with Crippen LogP contribution in [0.4, 0.5) is 5.13 Å². The normalized spacial score (nSPS) is 15.5. The van der Waals surface area contributed by atoms with Crippen molar-refractivity contribution in [3.05, 3.63) is 23.6 Å². The molecule has 2 heterocycles. The highest BCUT2D eigenvalue weighted by Gasteiger charge is 2.27. The molecule has 2 aromatic rings. The van der Waals surface area contributed by atoms with E-state index >= 15 is 0 Å². The second-order valence-electron chi connectivity index (χ2n) is 6.07. The summed E-state index contributed by atoms with van der Waals surface area (Å²) in [4.78, 5) is 16.9. The minimum Gasteiger partial charge on any atom is -0.497 e.